The van der Waals surface area contributed by atoms with Crippen molar-refractivity contribution in [1.82, 2.24) is 19.6 Å². The highest BCUT2D eigenvalue weighted by Gasteiger charge is 2.14. The van der Waals surface area contributed by atoms with Gasteiger partial charge in [-0.3, -0.25) is 19.0 Å². The first-order chi connectivity index (χ1) is 12.5. The molecule has 134 valence electrons. The molecule has 0 fully saturated rings. The van der Waals surface area contributed by atoms with Crippen LogP contribution in [0.3, 0.4) is 0 Å². The molecule has 8 heteroatoms. The number of aryl methyl sites for hydroxylation is 2. The van der Waals surface area contributed by atoms with Gasteiger partial charge in [0, 0.05) is 36.9 Å². The lowest BCUT2D eigenvalue weighted by atomic mass is 10.2. The van der Waals surface area contributed by atoms with Crippen LogP contribution >= 0.6 is 0 Å². The molecule has 1 aromatic carbocycles. The normalized spacial score (nSPS) is 10.6. The van der Waals surface area contributed by atoms with Crippen LogP contribution in [0.2, 0.25) is 0 Å². The number of carbonyl (C=O) groups excluding carboxylic acids is 2. The fourth-order valence-corrected chi connectivity index (χ4v) is 2.59. The number of hydrogen-bond donors (Lipinski definition) is 2. The fourth-order valence-electron chi connectivity index (χ4n) is 2.59. The summed E-state index contributed by atoms with van der Waals surface area (Å²) < 4.78 is 3.32. The van der Waals surface area contributed by atoms with Gasteiger partial charge in [-0.2, -0.15) is 10.2 Å². The van der Waals surface area contributed by atoms with Crippen LogP contribution in [-0.2, 0) is 13.6 Å². The Balaban J connectivity index is 1.71. The van der Waals surface area contributed by atoms with Gasteiger partial charge in [0.25, 0.3) is 11.8 Å². The van der Waals surface area contributed by atoms with E-state index in [4.69, 9.17) is 0 Å². The molecular formula is C18H20N6O2. The number of anilines is 2. The van der Waals surface area contributed by atoms with Gasteiger partial charge in [0.2, 0.25) is 0 Å². The number of carbonyl (C=O) groups is 2. The third-order valence-electron chi connectivity index (χ3n) is 3.97. The summed E-state index contributed by atoms with van der Waals surface area (Å²) in [7, 11) is 1.75. The van der Waals surface area contributed by atoms with Crippen LogP contribution in [0.25, 0.3) is 0 Å². The van der Waals surface area contributed by atoms with Gasteiger partial charge in [0.1, 0.15) is 0 Å². The van der Waals surface area contributed by atoms with Crippen molar-refractivity contribution in [2.45, 2.75) is 20.4 Å². The fraction of sp³-hybridized carbons (Fsp3) is 0.222. The van der Waals surface area contributed by atoms with E-state index in [0.29, 0.717) is 29.2 Å². The Morgan fingerprint density at radius 3 is 2.38 bits per heavy atom. The third-order valence-corrected chi connectivity index (χ3v) is 3.97. The maximum absolute atomic E-state index is 12.5. The molecule has 0 aliphatic rings. The quantitative estimate of drug-likeness (QED) is 0.737. The Morgan fingerprint density at radius 2 is 1.81 bits per heavy atom. The molecular weight excluding hydrogens is 332 g/mol. The van der Waals surface area contributed by atoms with E-state index in [0.717, 1.165) is 5.69 Å². The second-order valence-electron chi connectivity index (χ2n) is 5.82. The van der Waals surface area contributed by atoms with Gasteiger partial charge in [-0.1, -0.05) is 6.07 Å². The van der Waals surface area contributed by atoms with Gasteiger partial charge >= 0.3 is 0 Å². The van der Waals surface area contributed by atoms with E-state index in [1.807, 2.05) is 13.8 Å². The zero-order chi connectivity index (χ0) is 18.7. The van der Waals surface area contributed by atoms with Gasteiger partial charge < -0.3 is 10.6 Å². The van der Waals surface area contributed by atoms with Crippen molar-refractivity contribution in [3.63, 3.8) is 0 Å². The highest BCUT2D eigenvalue weighted by atomic mass is 16.2. The summed E-state index contributed by atoms with van der Waals surface area (Å²) in [5.41, 5.74) is 2.81. The Hall–Kier alpha value is -3.42. The van der Waals surface area contributed by atoms with Crippen LogP contribution in [0.4, 0.5) is 11.4 Å². The first-order valence-corrected chi connectivity index (χ1v) is 8.22. The SMILES string of the molecule is CCn1ncc(C(=O)Nc2cccc(NC(=O)c3ccn(C)n3)c2)c1C. The molecule has 2 heterocycles. The number of amides is 2. The largest absolute Gasteiger partial charge is 0.322 e. The van der Waals surface area contributed by atoms with Crippen molar-refractivity contribution in [2.24, 2.45) is 7.05 Å². The maximum Gasteiger partial charge on any atom is 0.276 e. The predicted molar refractivity (Wildman–Crippen MR) is 98.2 cm³/mol. The van der Waals surface area contributed by atoms with E-state index in [1.54, 1.807) is 59.1 Å². The minimum absolute atomic E-state index is 0.240. The van der Waals surface area contributed by atoms with Crippen molar-refractivity contribution in [3.05, 3.63) is 59.7 Å². The average Bonchev–Trinajstić information content (AvgIpc) is 3.20. The molecule has 0 saturated carbocycles. The van der Waals surface area contributed by atoms with Crippen LogP contribution in [0, 0.1) is 6.92 Å². The highest BCUT2D eigenvalue weighted by molar-refractivity contribution is 6.06. The lowest BCUT2D eigenvalue weighted by molar-refractivity contribution is 0.101. The first-order valence-electron chi connectivity index (χ1n) is 8.22. The van der Waals surface area contributed by atoms with Crippen molar-refractivity contribution < 1.29 is 9.59 Å². The Bertz CT molecular complexity index is 956. The molecule has 2 N–H and O–H groups in total. The van der Waals surface area contributed by atoms with E-state index in [1.165, 1.54) is 0 Å². The van der Waals surface area contributed by atoms with Gasteiger partial charge in [-0.15, -0.1) is 0 Å². The Kier molecular flexibility index (Phi) is 4.83. The van der Waals surface area contributed by atoms with Gasteiger partial charge in [-0.05, 0) is 38.1 Å². The summed E-state index contributed by atoms with van der Waals surface area (Å²) in [6.07, 6.45) is 3.26. The molecule has 0 aliphatic carbocycles. The van der Waals surface area contributed by atoms with Crippen LogP contribution in [0.15, 0.2) is 42.7 Å². The van der Waals surface area contributed by atoms with E-state index in [-0.39, 0.29) is 11.8 Å². The smallest absolute Gasteiger partial charge is 0.276 e. The summed E-state index contributed by atoms with van der Waals surface area (Å²) in [5, 5.41) is 13.8. The molecule has 0 bridgehead atoms. The number of benzene rings is 1. The summed E-state index contributed by atoms with van der Waals surface area (Å²) in [4.78, 5) is 24.6. The standard InChI is InChI=1S/C18H20N6O2/c1-4-24-12(2)15(11-19-24)17(25)20-13-6-5-7-14(10-13)21-18(26)16-8-9-23(3)22-16/h5-11H,4H2,1-3H3,(H,20,25)(H,21,26). The van der Waals surface area contributed by atoms with Crippen LogP contribution in [0.1, 0.15) is 33.5 Å². The molecule has 0 unspecified atom stereocenters. The molecule has 3 aromatic rings. The van der Waals surface area contributed by atoms with Crippen LogP contribution < -0.4 is 10.6 Å². The predicted octanol–water partition coefficient (Wildman–Crippen LogP) is 2.45. The number of aromatic nitrogens is 4. The minimum Gasteiger partial charge on any atom is -0.322 e. The van der Waals surface area contributed by atoms with E-state index < -0.39 is 0 Å². The Morgan fingerprint density at radius 1 is 1.12 bits per heavy atom. The van der Waals surface area contributed by atoms with Crippen molar-refractivity contribution in [2.75, 3.05) is 10.6 Å². The van der Waals surface area contributed by atoms with Crippen molar-refractivity contribution >= 4 is 23.2 Å². The summed E-state index contributed by atoms with van der Waals surface area (Å²) >= 11 is 0. The summed E-state index contributed by atoms with van der Waals surface area (Å²) in [6, 6.07) is 8.59. The molecule has 0 radical (unpaired) electrons. The topological polar surface area (TPSA) is 93.8 Å². The average molecular weight is 352 g/mol. The molecule has 0 spiro atoms. The lowest BCUT2D eigenvalue weighted by Gasteiger charge is -2.08. The highest BCUT2D eigenvalue weighted by Crippen LogP contribution is 2.18. The number of nitrogens with zero attached hydrogens (tertiary/aromatic N) is 4. The van der Waals surface area contributed by atoms with E-state index in [9.17, 15) is 9.59 Å². The number of rotatable bonds is 5. The number of nitrogens with one attached hydrogen (secondary N) is 2. The minimum atomic E-state index is -0.311. The molecule has 0 atom stereocenters. The first kappa shape index (κ1) is 17.4. The number of hydrogen-bond acceptors (Lipinski definition) is 4. The molecule has 3 rings (SSSR count). The molecule has 0 aliphatic heterocycles. The second-order valence-corrected chi connectivity index (χ2v) is 5.82. The summed E-state index contributed by atoms with van der Waals surface area (Å²) in [6.45, 7) is 4.53. The monoisotopic (exact) mass is 352 g/mol. The molecule has 26 heavy (non-hydrogen) atoms. The molecule has 2 aromatic heterocycles. The zero-order valence-corrected chi connectivity index (χ0v) is 14.9. The lowest BCUT2D eigenvalue weighted by Crippen LogP contribution is -2.15. The van der Waals surface area contributed by atoms with Crippen LogP contribution in [0.5, 0.6) is 0 Å². The van der Waals surface area contributed by atoms with Crippen molar-refractivity contribution in [1.29, 1.82) is 0 Å². The second kappa shape index (κ2) is 7.22. The zero-order valence-electron chi connectivity index (χ0n) is 14.9. The van der Waals surface area contributed by atoms with E-state index >= 15 is 0 Å². The van der Waals surface area contributed by atoms with Gasteiger partial charge in [-0.25, -0.2) is 0 Å². The van der Waals surface area contributed by atoms with Crippen molar-refractivity contribution in [3.8, 4) is 0 Å². The summed E-state index contributed by atoms with van der Waals surface area (Å²) in [5.74, 6) is -0.551. The van der Waals surface area contributed by atoms with E-state index in [2.05, 4.69) is 20.8 Å². The van der Waals surface area contributed by atoms with Gasteiger partial charge in [0.05, 0.1) is 11.8 Å². The molecule has 8 nitrogen and oxygen atoms in total. The third kappa shape index (κ3) is 3.64. The maximum atomic E-state index is 12.5. The van der Waals surface area contributed by atoms with Gasteiger partial charge in [0.15, 0.2) is 5.69 Å². The molecule has 2 amide bonds. The molecule has 0 saturated heterocycles. The van der Waals surface area contributed by atoms with Crippen LogP contribution in [-0.4, -0.2) is 31.4 Å². The Labute approximate surface area is 150 Å².